The van der Waals surface area contributed by atoms with Crippen molar-refractivity contribution in [1.29, 1.82) is 0 Å². The number of hydrogen-bond donors (Lipinski definition) is 1. The molecule has 3 unspecified atom stereocenters. The van der Waals surface area contributed by atoms with Crippen molar-refractivity contribution >= 4 is 5.91 Å². The van der Waals surface area contributed by atoms with Crippen LogP contribution in [0.5, 0.6) is 0 Å². The van der Waals surface area contributed by atoms with Gasteiger partial charge >= 0.3 is 0 Å². The molecule has 0 aromatic rings. The van der Waals surface area contributed by atoms with E-state index in [2.05, 4.69) is 24.1 Å². The summed E-state index contributed by atoms with van der Waals surface area (Å²) in [7, 11) is 0. The monoisotopic (exact) mass is 250 g/mol. The zero-order chi connectivity index (χ0) is 12.8. The predicted molar refractivity (Wildman–Crippen MR) is 72.0 cm³/mol. The van der Waals surface area contributed by atoms with Crippen molar-refractivity contribution in [3.63, 3.8) is 0 Å². The Labute approximate surface area is 110 Å². The van der Waals surface area contributed by atoms with Crippen molar-refractivity contribution in [2.24, 2.45) is 11.8 Å². The van der Waals surface area contributed by atoms with Gasteiger partial charge in [-0.3, -0.25) is 10.1 Å². The van der Waals surface area contributed by atoms with E-state index < -0.39 is 0 Å². The summed E-state index contributed by atoms with van der Waals surface area (Å²) in [6.07, 6.45) is 8.30. The third kappa shape index (κ3) is 1.87. The minimum absolute atomic E-state index is 0.164. The fourth-order valence-corrected chi connectivity index (χ4v) is 4.41. The zero-order valence-electron chi connectivity index (χ0n) is 11.7. The number of hydrogen-bond acceptors (Lipinski definition) is 2. The summed E-state index contributed by atoms with van der Waals surface area (Å²) in [6, 6.07) is 0.487. The molecule has 2 aliphatic carbocycles. The average molecular weight is 250 g/mol. The molecule has 3 atom stereocenters. The fourth-order valence-electron chi connectivity index (χ4n) is 4.41. The van der Waals surface area contributed by atoms with E-state index in [1.807, 2.05) is 0 Å². The first-order valence-electron chi connectivity index (χ1n) is 7.68. The Hall–Kier alpha value is -0.570. The van der Waals surface area contributed by atoms with Crippen LogP contribution >= 0.6 is 0 Å². The van der Waals surface area contributed by atoms with E-state index in [0.717, 1.165) is 25.4 Å². The summed E-state index contributed by atoms with van der Waals surface area (Å²) in [5.74, 6) is 1.91. The Kier molecular flexibility index (Phi) is 3.13. The Morgan fingerprint density at radius 1 is 1.22 bits per heavy atom. The standard InChI is InChI=1S/C15H26N2O/c1-11-5-6-13(12(2)9-11)17-10-16-15(14(17)18)7-3-4-8-15/h11-13,16H,3-10H2,1-2H3. The molecule has 3 heteroatoms. The van der Waals surface area contributed by atoms with Gasteiger partial charge in [0.05, 0.1) is 12.2 Å². The number of amides is 1. The molecule has 1 aliphatic heterocycles. The lowest BCUT2D eigenvalue weighted by molar-refractivity contribution is -0.135. The molecule has 0 bridgehead atoms. The first kappa shape index (κ1) is 12.5. The van der Waals surface area contributed by atoms with Gasteiger partial charge in [-0.15, -0.1) is 0 Å². The number of carbonyl (C=O) groups excluding carboxylic acids is 1. The van der Waals surface area contributed by atoms with Crippen LogP contribution in [-0.2, 0) is 4.79 Å². The van der Waals surface area contributed by atoms with Gasteiger partial charge in [0.25, 0.3) is 0 Å². The molecule has 1 saturated heterocycles. The van der Waals surface area contributed by atoms with Crippen molar-refractivity contribution < 1.29 is 4.79 Å². The quantitative estimate of drug-likeness (QED) is 0.775. The molecule has 1 heterocycles. The van der Waals surface area contributed by atoms with Gasteiger partial charge in [-0.05, 0) is 43.9 Å². The molecule has 0 radical (unpaired) electrons. The van der Waals surface area contributed by atoms with E-state index in [-0.39, 0.29) is 5.54 Å². The SMILES string of the molecule is CC1CCC(N2CNC3(CCCC3)C2=O)C(C)C1. The lowest BCUT2D eigenvalue weighted by Gasteiger charge is -2.38. The van der Waals surface area contributed by atoms with E-state index >= 15 is 0 Å². The molecule has 2 saturated carbocycles. The highest BCUT2D eigenvalue weighted by molar-refractivity contribution is 5.89. The van der Waals surface area contributed by atoms with Crippen LogP contribution in [0.3, 0.4) is 0 Å². The number of nitrogens with zero attached hydrogens (tertiary/aromatic N) is 1. The summed E-state index contributed by atoms with van der Waals surface area (Å²) in [6.45, 7) is 5.46. The molecule has 1 N–H and O–H groups in total. The van der Waals surface area contributed by atoms with E-state index in [9.17, 15) is 4.79 Å². The zero-order valence-corrected chi connectivity index (χ0v) is 11.7. The van der Waals surface area contributed by atoms with Gasteiger partial charge in [0, 0.05) is 6.04 Å². The van der Waals surface area contributed by atoms with Gasteiger partial charge in [-0.25, -0.2) is 0 Å². The van der Waals surface area contributed by atoms with Crippen molar-refractivity contribution in [1.82, 2.24) is 10.2 Å². The highest BCUT2D eigenvalue weighted by atomic mass is 16.2. The topological polar surface area (TPSA) is 32.3 Å². The second-order valence-electron chi connectivity index (χ2n) is 6.86. The van der Waals surface area contributed by atoms with Crippen molar-refractivity contribution in [3.8, 4) is 0 Å². The lowest BCUT2D eigenvalue weighted by atomic mass is 9.79. The fraction of sp³-hybridized carbons (Fsp3) is 0.933. The lowest BCUT2D eigenvalue weighted by Crippen LogP contribution is -2.48. The van der Waals surface area contributed by atoms with Crippen LogP contribution in [0.4, 0.5) is 0 Å². The van der Waals surface area contributed by atoms with Crippen LogP contribution in [0, 0.1) is 11.8 Å². The third-order valence-electron chi connectivity index (χ3n) is 5.50. The Balaban J connectivity index is 1.72. The molecule has 102 valence electrons. The summed E-state index contributed by atoms with van der Waals surface area (Å²) in [5.41, 5.74) is -0.164. The van der Waals surface area contributed by atoms with Gasteiger partial charge in [0.15, 0.2) is 0 Å². The van der Waals surface area contributed by atoms with Crippen LogP contribution in [0.25, 0.3) is 0 Å². The predicted octanol–water partition coefficient (Wildman–Crippen LogP) is 2.51. The van der Waals surface area contributed by atoms with Gasteiger partial charge in [-0.1, -0.05) is 26.7 Å². The summed E-state index contributed by atoms with van der Waals surface area (Å²) in [4.78, 5) is 14.9. The summed E-state index contributed by atoms with van der Waals surface area (Å²) < 4.78 is 0. The first-order valence-corrected chi connectivity index (χ1v) is 7.68. The van der Waals surface area contributed by atoms with Crippen LogP contribution in [0.2, 0.25) is 0 Å². The molecule has 3 nitrogen and oxygen atoms in total. The minimum Gasteiger partial charge on any atom is -0.325 e. The summed E-state index contributed by atoms with van der Waals surface area (Å²) >= 11 is 0. The maximum absolute atomic E-state index is 12.7. The molecule has 1 spiro atoms. The molecule has 3 fully saturated rings. The largest absolute Gasteiger partial charge is 0.325 e. The smallest absolute Gasteiger partial charge is 0.244 e. The second kappa shape index (κ2) is 4.52. The third-order valence-corrected chi connectivity index (χ3v) is 5.50. The Morgan fingerprint density at radius 3 is 2.61 bits per heavy atom. The maximum atomic E-state index is 12.7. The van der Waals surface area contributed by atoms with Gasteiger partial charge in [0.2, 0.25) is 5.91 Å². The van der Waals surface area contributed by atoms with Crippen LogP contribution in [0.15, 0.2) is 0 Å². The molecule has 0 aromatic carbocycles. The molecule has 1 amide bonds. The van der Waals surface area contributed by atoms with Gasteiger partial charge in [0.1, 0.15) is 0 Å². The van der Waals surface area contributed by atoms with Crippen molar-refractivity contribution in [2.75, 3.05) is 6.67 Å². The molecule has 18 heavy (non-hydrogen) atoms. The molecule has 3 aliphatic rings. The first-order chi connectivity index (χ1) is 8.62. The molecule has 0 aromatic heterocycles. The second-order valence-corrected chi connectivity index (χ2v) is 6.86. The normalized spacial score (nSPS) is 39.8. The maximum Gasteiger partial charge on any atom is 0.244 e. The number of rotatable bonds is 1. The molecular formula is C15H26N2O. The van der Waals surface area contributed by atoms with Gasteiger partial charge in [-0.2, -0.15) is 0 Å². The van der Waals surface area contributed by atoms with E-state index in [1.165, 1.54) is 32.1 Å². The van der Waals surface area contributed by atoms with Gasteiger partial charge < -0.3 is 4.90 Å². The van der Waals surface area contributed by atoms with E-state index in [4.69, 9.17) is 0 Å². The van der Waals surface area contributed by atoms with Crippen LogP contribution in [-0.4, -0.2) is 29.1 Å². The van der Waals surface area contributed by atoms with Crippen LogP contribution < -0.4 is 5.32 Å². The summed E-state index contributed by atoms with van der Waals surface area (Å²) in [5, 5.41) is 3.54. The average Bonchev–Trinajstić information content (AvgIpc) is 2.92. The number of nitrogens with one attached hydrogen (secondary N) is 1. The van der Waals surface area contributed by atoms with E-state index in [0.29, 0.717) is 17.9 Å². The minimum atomic E-state index is -0.164. The van der Waals surface area contributed by atoms with Crippen molar-refractivity contribution in [2.45, 2.75) is 70.4 Å². The van der Waals surface area contributed by atoms with E-state index in [1.54, 1.807) is 0 Å². The highest BCUT2D eigenvalue weighted by Gasteiger charge is 2.50. The Morgan fingerprint density at radius 2 is 1.94 bits per heavy atom. The molecule has 3 rings (SSSR count). The Bertz CT molecular complexity index is 335. The number of carbonyl (C=O) groups is 1. The van der Waals surface area contributed by atoms with Crippen molar-refractivity contribution in [3.05, 3.63) is 0 Å². The highest BCUT2D eigenvalue weighted by Crippen LogP contribution is 2.39. The van der Waals surface area contributed by atoms with Crippen LogP contribution in [0.1, 0.15) is 58.8 Å². The molecular weight excluding hydrogens is 224 g/mol.